The molecule has 0 saturated carbocycles. The number of ether oxygens (including phenoxy) is 1. The van der Waals surface area contributed by atoms with Crippen LogP contribution in [0.1, 0.15) is 30.0 Å². The fourth-order valence-electron chi connectivity index (χ4n) is 5.30. The molecule has 3 atom stereocenters. The summed E-state index contributed by atoms with van der Waals surface area (Å²) in [5, 5.41) is 15.6. The van der Waals surface area contributed by atoms with Crippen LogP contribution < -0.4 is 20.3 Å². The van der Waals surface area contributed by atoms with E-state index in [9.17, 15) is 14.9 Å². The first-order valence-corrected chi connectivity index (χ1v) is 13.4. The molecule has 0 bridgehead atoms. The monoisotopic (exact) mass is 526 g/mol. The summed E-state index contributed by atoms with van der Waals surface area (Å²) in [4.78, 5) is 34.7. The number of piperidine rings is 1. The lowest BCUT2D eigenvalue weighted by molar-refractivity contribution is -0.121. The second-order valence-corrected chi connectivity index (χ2v) is 10.7. The molecule has 3 amide bonds. The molecule has 0 spiro atoms. The lowest BCUT2D eigenvalue weighted by Crippen LogP contribution is -2.52. The Morgan fingerprint density at radius 1 is 1.18 bits per heavy atom. The largest absolute Gasteiger partial charge is 0.457 e. The van der Waals surface area contributed by atoms with Crippen LogP contribution in [-0.2, 0) is 4.79 Å². The maximum Gasteiger partial charge on any atom is 0.327 e. The van der Waals surface area contributed by atoms with Gasteiger partial charge in [-0.1, -0.05) is 30.0 Å². The summed E-state index contributed by atoms with van der Waals surface area (Å²) in [5.41, 5.74) is 3.17. The summed E-state index contributed by atoms with van der Waals surface area (Å²) in [6, 6.07) is 16.1. The Bertz CT molecular complexity index is 1440. The molecule has 1 saturated heterocycles. The topological polar surface area (TPSA) is 111 Å². The molecule has 3 aliphatic rings. The Kier molecular flexibility index (Phi) is 6.29. The highest BCUT2D eigenvalue weighted by Gasteiger charge is 2.47. The number of thioether (sulfide) groups is 1. The van der Waals surface area contributed by atoms with Gasteiger partial charge in [-0.15, -0.1) is 0 Å². The number of nitrogens with zero attached hydrogens (tertiary/aromatic N) is 4. The molecule has 0 radical (unpaired) electrons. The molecule has 2 N–H and O–H groups in total. The number of anilines is 2. The Morgan fingerprint density at radius 3 is 2.82 bits per heavy atom. The zero-order valence-corrected chi connectivity index (χ0v) is 21.6. The van der Waals surface area contributed by atoms with Crippen LogP contribution in [0.15, 0.2) is 65.8 Å². The van der Waals surface area contributed by atoms with E-state index in [-0.39, 0.29) is 18.0 Å². The molecule has 192 valence electrons. The van der Waals surface area contributed by atoms with E-state index in [4.69, 9.17) is 4.74 Å². The number of benzene rings is 2. The summed E-state index contributed by atoms with van der Waals surface area (Å²) in [5.74, 6) is 1.26. The number of nitriles is 1. The molecule has 2 aromatic carbocycles. The number of nitrogens with one attached hydrogen (secondary N) is 2. The maximum absolute atomic E-state index is 13.5. The molecular weight excluding hydrogens is 500 g/mol. The summed E-state index contributed by atoms with van der Waals surface area (Å²) < 4.78 is 5.96. The number of likely N-dealkylation sites (tertiary alicyclic amines) is 1. The van der Waals surface area contributed by atoms with Gasteiger partial charge in [-0.2, -0.15) is 5.26 Å². The molecule has 0 aliphatic carbocycles. The third-order valence-corrected chi connectivity index (χ3v) is 8.35. The average Bonchev–Trinajstić information content (AvgIpc) is 3.30. The number of hydrogen-bond donors (Lipinski definition) is 2. The lowest BCUT2D eigenvalue weighted by atomic mass is 9.98. The van der Waals surface area contributed by atoms with Gasteiger partial charge in [0.2, 0.25) is 5.91 Å². The predicted octanol–water partition coefficient (Wildman–Crippen LogP) is 4.62. The number of carbonyl (C=O) groups excluding carboxylic acids is 2. The molecule has 3 aliphatic heterocycles. The Labute approximate surface area is 224 Å². The highest BCUT2D eigenvalue weighted by Crippen LogP contribution is 2.51. The van der Waals surface area contributed by atoms with E-state index in [1.807, 2.05) is 61.5 Å². The van der Waals surface area contributed by atoms with Crippen LogP contribution >= 0.6 is 11.8 Å². The first kappa shape index (κ1) is 24.1. The molecule has 6 rings (SSSR count). The number of urea groups is 1. The van der Waals surface area contributed by atoms with Crippen molar-refractivity contribution in [1.82, 2.24) is 20.5 Å². The minimum absolute atomic E-state index is 0.0947. The average molecular weight is 527 g/mol. The molecule has 9 nitrogen and oxygen atoms in total. The normalized spacial score (nSPS) is 21.8. The Morgan fingerprint density at radius 2 is 2.03 bits per heavy atom. The Hall–Kier alpha value is -4.23. The number of hydrogen-bond acceptors (Lipinski definition) is 7. The number of pyridine rings is 1. The molecule has 38 heavy (non-hydrogen) atoms. The number of amides is 3. The maximum atomic E-state index is 13.5. The van der Waals surface area contributed by atoms with E-state index in [1.54, 1.807) is 16.0 Å². The van der Waals surface area contributed by atoms with E-state index in [1.165, 1.54) is 11.8 Å². The smallest absolute Gasteiger partial charge is 0.327 e. The molecule has 4 heterocycles. The number of carbonyl (C=O) groups is 2. The van der Waals surface area contributed by atoms with Crippen molar-refractivity contribution >= 4 is 35.1 Å². The minimum Gasteiger partial charge on any atom is -0.457 e. The quantitative estimate of drug-likeness (QED) is 0.467. The first-order chi connectivity index (χ1) is 18.5. The number of aryl methyl sites for hydroxylation is 1. The van der Waals surface area contributed by atoms with Gasteiger partial charge in [-0.25, -0.2) is 9.78 Å². The van der Waals surface area contributed by atoms with Crippen molar-refractivity contribution in [3.8, 4) is 17.7 Å². The summed E-state index contributed by atoms with van der Waals surface area (Å²) in [7, 11) is 0. The predicted molar refractivity (Wildman–Crippen MR) is 143 cm³/mol. The van der Waals surface area contributed by atoms with Gasteiger partial charge >= 0.3 is 6.03 Å². The van der Waals surface area contributed by atoms with Crippen LogP contribution in [0.3, 0.4) is 0 Å². The van der Waals surface area contributed by atoms with Crippen molar-refractivity contribution in [3.05, 3.63) is 71.9 Å². The summed E-state index contributed by atoms with van der Waals surface area (Å²) in [6.07, 6.45) is 5.53. The Balaban J connectivity index is 1.25. The van der Waals surface area contributed by atoms with Crippen LogP contribution in [-0.4, -0.2) is 46.2 Å². The molecule has 10 heteroatoms. The van der Waals surface area contributed by atoms with Gasteiger partial charge < -0.3 is 20.3 Å². The van der Waals surface area contributed by atoms with Crippen molar-refractivity contribution < 1.29 is 14.3 Å². The van der Waals surface area contributed by atoms with Crippen molar-refractivity contribution in [2.24, 2.45) is 0 Å². The number of aromatic nitrogens is 1. The van der Waals surface area contributed by atoms with Crippen molar-refractivity contribution in [3.63, 3.8) is 0 Å². The van der Waals surface area contributed by atoms with Crippen molar-refractivity contribution in [1.29, 1.82) is 5.26 Å². The SMILES string of the molecule is Cc1cc(Oc2ccccc2)ccc1N1C(=O)NC2c3c1ccnc3S[C@@H]2C(=O)NC1CCCN(C#N)C1. The zero-order chi connectivity index (χ0) is 26.2. The van der Waals surface area contributed by atoms with Gasteiger partial charge in [0, 0.05) is 30.9 Å². The highest BCUT2D eigenvalue weighted by molar-refractivity contribution is 8.01. The van der Waals surface area contributed by atoms with Crippen LogP contribution in [0.4, 0.5) is 16.2 Å². The summed E-state index contributed by atoms with van der Waals surface area (Å²) >= 11 is 1.37. The van der Waals surface area contributed by atoms with Crippen LogP contribution in [0.5, 0.6) is 11.5 Å². The van der Waals surface area contributed by atoms with Gasteiger partial charge in [-0.05, 0) is 61.7 Å². The minimum atomic E-state index is -0.537. The van der Waals surface area contributed by atoms with E-state index in [2.05, 4.69) is 21.8 Å². The highest BCUT2D eigenvalue weighted by atomic mass is 32.2. The zero-order valence-electron chi connectivity index (χ0n) is 20.8. The second kappa shape index (κ2) is 9.91. The molecule has 1 aromatic heterocycles. The molecular formula is C28H26N6O3S. The first-order valence-electron chi connectivity index (χ1n) is 12.6. The standard InChI is InChI=1S/C28H26N6O3S/c1-17-14-20(37-19-7-3-2-4-8-19)9-10-21(17)34-22-11-12-30-27-23(22)24(32-28(34)36)25(38-27)26(35)31-18-6-5-13-33(15-18)16-29/h2-4,7-12,14,18,24-25H,5-6,13,15H2,1H3,(H,31,35)(H,32,36)/t18?,24?,25-/m0/s1. The third-order valence-electron chi connectivity index (χ3n) is 7.06. The van der Waals surface area contributed by atoms with Crippen LogP contribution in [0, 0.1) is 18.4 Å². The van der Waals surface area contributed by atoms with Gasteiger partial charge in [0.25, 0.3) is 0 Å². The summed E-state index contributed by atoms with van der Waals surface area (Å²) in [6.45, 7) is 3.16. The van der Waals surface area contributed by atoms with Gasteiger partial charge in [0.05, 0.1) is 17.4 Å². The van der Waals surface area contributed by atoms with E-state index >= 15 is 0 Å². The molecule has 2 unspecified atom stereocenters. The van der Waals surface area contributed by atoms with E-state index < -0.39 is 11.3 Å². The number of rotatable bonds is 5. The third kappa shape index (κ3) is 4.39. The van der Waals surface area contributed by atoms with Crippen molar-refractivity contribution in [2.45, 2.75) is 42.1 Å². The second-order valence-electron chi connectivity index (χ2n) is 9.61. The molecule has 1 fully saturated rings. The fraction of sp³-hybridized carbons (Fsp3) is 0.286. The van der Waals surface area contributed by atoms with Crippen LogP contribution in [0.25, 0.3) is 0 Å². The van der Waals surface area contributed by atoms with Crippen molar-refractivity contribution in [2.75, 3.05) is 18.0 Å². The van der Waals surface area contributed by atoms with Gasteiger partial charge in [-0.3, -0.25) is 9.69 Å². The van der Waals surface area contributed by atoms with E-state index in [0.29, 0.717) is 18.8 Å². The fourth-order valence-corrected chi connectivity index (χ4v) is 6.54. The van der Waals surface area contributed by atoms with E-state index in [0.717, 1.165) is 46.1 Å². The molecule has 3 aromatic rings. The lowest BCUT2D eigenvalue weighted by Gasteiger charge is -2.35. The van der Waals surface area contributed by atoms with Crippen LogP contribution in [0.2, 0.25) is 0 Å². The van der Waals surface area contributed by atoms with Gasteiger partial charge in [0.1, 0.15) is 21.8 Å². The van der Waals surface area contributed by atoms with Gasteiger partial charge in [0.15, 0.2) is 6.19 Å². The number of para-hydroxylation sites is 1.